The van der Waals surface area contributed by atoms with Crippen LogP contribution in [-0.2, 0) is 0 Å². The molecule has 5 rings (SSSR count). The molecule has 2 aliphatic rings. The number of carbonyl (C=O) groups is 1. The summed E-state index contributed by atoms with van der Waals surface area (Å²) in [6, 6.07) is 13.1. The number of nitrogens with zero attached hydrogens (tertiary/aromatic N) is 2. The lowest BCUT2D eigenvalue weighted by Crippen LogP contribution is -2.39. The number of aromatic nitrogens is 3. The number of hydrogen-bond acceptors (Lipinski definition) is 6. The van der Waals surface area contributed by atoms with E-state index in [1.54, 1.807) is 12.3 Å². The van der Waals surface area contributed by atoms with E-state index in [0.717, 1.165) is 37.0 Å². The van der Waals surface area contributed by atoms with E-state index in [0.29, 0.717) is 23.0 Å². The van der Waals surface area contributed by atoms with Crippen molar-refractivity contribution in [3.05, 3.63) is 54.4 Å². The first-order valence-corrected chi connectivity index (χ1v) is 10.1. The molecule has 30 heavy (non-hydrogen) atoms. The lowest BCUT2D eigenvalue weighted by atomic mass is 9.93. The third kappa shape index (κ3) is 3.94. The molecule has 1 fully saturated rings. The van der Waals surface area contributed by atoms with E-state index in [-0.39, 0.29) is 24.8 Å². The predicted octanol–water partition coefficient (Wildman–Crippen LogP) is 3.32. The molecule has 1 amide bonds. The zero-order valence-corrected chi connectivity index (χ0v) is 16.3. The van der Waals surface area contributed by atoms with E-state index >= 15 is 0 Å². The molecule has 1 aromatic carbocycles. The van der Waals surface area contributed by atoms with Gasteiger partial charge in [-0.15, -0.1) is 0 Å². The maximum absolute atomic E-state index is 12.6. The van der Waals surface area contributed by atoms with Gasteiger partial charge >= 0.3 is 0 Å². The van der Waals surface area contributed by atoms with Crippen molar-refractivity contribution in [2.24, 2.45) is 0 Å². The van der Waals surface area contributed by atoms with Crippen LogP contribution in [0.5, 0.6) is 17.4 Å². The van der Waals surface area contributed by atoms with Gasteiger partial charge in [0.1, 0.15) is 11.8 Å². The van der Waals surface area contributed by atoms with Gasteiger partial charge < -0.3 is 19.5 Å². The van der Waals surface area contributed by atoms with Crippen molar-refractivity contribution in [1.82, 2.24) is 20.5 Å². The minimum Gasteiger partial charge on any atom is -0.474 e. The highest BCUT2D eigenvalue weighted by Gasteiger charge is 2.25. The normalized spacial score (nSPS) is 20.0. The summed E-state index contributed by atoms with van der Waals surface area (Å²) in [7, 11) is 0. The van der Waals surface area contributed by atoms with Gasteiger partial charge in [-0.25, -0.2) is 4.98 Å². The first-order chi connectivity index (χ1) is 14.7. The van der Waals surface area contributed by atoms with Crippen molar-refractivity contribution in [2.75, 3.05) is 6.79 Å². The Balaban J connectivity index is 1.16. The number of benzene rings is 1. The molecule has 0 bridgehead atoms. The molecule has 0 atom stereocenters. The molecule has 0 radical (unpaired) electrons. The standard InChI is InChI=1S/C22H22N4O4/c27-22(24-15-5-7-16(8-6-15)30-21-3-1-2-10-23-21)18-12-17(25-26-18)14-4-9-19-20(11-14)29-13-28-19/h1-4,9-12,15-16H,5-8,13H2,(H,24,27)(H,25,26). The highest BCUT2D eigenvalue weighted by Crippen LogP contribution is 2.35. The highest BCUT2D eigenvalue weighted by atomic mass is 16.7. The van der Waals surface area contributed by atoms with Crippen LogP contribution in [0, 0.1) is 0 Å². The quantitative estimate of drug-likeness (QED) is 0.675. The van der Waals surface area contributed by atoms with Crippen LogP contribution in [0.15, 0.2) is 48.7 Å². The number of rotatable bonds is 5. The number of nitrogens with one attached hydrogen (secondary N) is 2. The van der Waals surface area contributed by atoms with E-state index in [1.807, 2.05) is 36.4 Å². The number of aromatic amines is 1. The van der Waals surface area contributed by atoms with Crippen molar-refractivity contribution < 1.29 is 19.0 Å². The number of fused-ring (bicyclic) bond motifs is 1. The van der Waals surface area contributed by atoms with E-state index < -0.39 is 0 Å². The Kier molecular flexibility index (Phi) is 4.96. The van der Waals surface area contributed by atoms with Crippen molar-refractivity contribution in [2.45, 2.75) is 37.8 Å². The van der Waals surface area contributed by atoms with Gasteiger partial charge in [0, 0.05) is 23.9 Å². The molecule has 1 aliphatic carbocycles. The summed E-state index contributed by atoms with van der Waals surface area (Å²) in [5.74, 6) is 1.91. The second-order valence-corrected chi connectivity index (χ2v) is 7.47. The summed E-state index contributed by atoms with van der Waals surface area (Å²) in [5.41, 5.74) is 1.99. The third-order valence-corrected chi connectivity index (χ3v) is 5.43. The van der Waals surface area contributed by atoms with Crippen molar-refractivity contribution in [3.8, 4) is 28.6 Å². The summed E-state index contributed by atoms with van der Waals surface area (Å²) in [4.78, 5) is 16.9. The topological polar surface area (TPSA) is 98.4 Å². The number of carbonyl (C=O) groups excluding carboxylic acids is 1. The van der Waals surface area contributed by atoms with E-state index in [2.05, 4.69) is 20.5 Å². The molecule has 0 saturated heterocycles. The van der Waals surface area contributed by atoms with Gasteiger partial charge in [-0.05, 0) is 56.0 Å². The molecule has 3 heterocycles. The molecule has 1 aliphatic heterocycles. The van der Waals surface area contributed by atoms with Gasteiger partial charge in [0.15, 0.2) is 11.5 Å². The molecular weight excluding hydrogens is 384 g/mol. The average molecular weight is 406 g/mol. The minimum atomic E-state index is -0.149. The molecule has 0 unspecified atom stereocenters. The van der Waals surface area contributed by atoms with Gasteiger partial charge in [-0.3, -0.25) is 9.89 Å². The Bertz CT molecular complexity index is 1030. The maximum atomic E-state index is 12.6. The van der Waals surface area contributed by atoms with E-state index in [9.17, 15) is 4.79 Å². The fraction of sp³-hybridized carbons (Fsp3) is 0.318. The zero-order chi connectivity index (χ0) is 20.3. The van der Waals surface area contributed by atoms with Gasteiger partial charge in [0.2, 0.25) is 12.7 Å². The van der Waals surface area contributed by atoms with Crippen LogP contribution in [0.3, 0.4) is 0 Å². The Morgan fingerprint density at radius 2 is 1.93 bits per heavy atom. The van der Waals surface area contributed by atoms with Crippen LogP contribution in [0.2, 0.25) is 0 Å². The monoisotopic (exact) mass is 406 g/mol. The van der Waals surface area contributed by atoms with Crippen LogP contribution in [0.4, 0.5) is 0 Å². The summed E-state index contributed by atoms with van der Waals surface area (Å²) in [6.07, 6.45) is 5.36. The summed E-state index contributed by atoms with van der Waals surface area (Å²) in [5, 5.41) is 10.2. The van der Waals surface area contributed by atoms with Crippen molar-refractivity contribution >= 4 is 5.91 Å². The van der Waals surface area contributed by atoms with Crippen molar-refractivity contribution in [3.63, 3.8) is 0 Å². The number of hydrogen-bond donors (Lipinski definition) is 2. The van der Waals surface area contributed by atoms with Gasteiger partial charge in [0.25, 0.3) is 5.91 Å². The lowest BCUT2D eigenvalue weighted by Gasteiger charge is -2.29. The molecule has 154 valence electrons. The first kappa shape index (κ1) is 18.5. The third-order valence-electron chi connectivity index (χ3n) is 5.43. The number of amides is 1. The van der Waals surface area contributed by atoms with E-state index in [1.165, 1.54) is 0 Å². The molecule has 2 N–H and O–H groups in total. The Morgan fingerprint density at radius 3 is 2.77 bits per heavy atom. The number of ether oxygens (including phenoxy) is 3. The van der Waals surface area contributed by atoms with Crippen LogP contribution in [-0.4, -0.2) is 40.0 Å². The molecule has 0 spiro atoms. The van der Waals surface area contributed by atoms with Crippen molar-refractivity contribution in [1.29, 1.82) is 0 Å². The van der Waals surface area contributed by atoms with Gasteiger partial charge in [-0.1, -0.05) is 6.07 Å². The molecule has 8 nitrogen and oxygen atoms in total. The number of pyridine rings is 1. The second-order valence-electron chi connectivity index (χ2n) is 7.47. The molecule has 8 heteroatoms. The molecule has 2 aromatic heterocycles. The molecule has 1 saturated carbocycles. The Labute approximate surface area is 173 Å². The Morgan fingerprint density at radius 1 is 1.07 bits per heavy atom. The lowest BCUT2D eigenvalue weighted by molar-refractivity contribution is 0.0885. The van der Waals surface area contributed by atoms with Crippen LogP contribution in [0.25, 0.3) is 11.3 Å². The maximum Gasteiger partial charge on any atom is 0.269 e. The fourth-order valence-electron chi connectivity index (χ4n) is 3.82. The molecular formula is C22H22N4O4. The summed E-state index contributed by atoms with van der Waals surface area (Å²) in [6.45, 7) is 0.224. The largest absolute Gasteiger partial charge is 0.474 e. The first-order valence-electron chi connectivity index (χ1n) is 10.1. The molecule has 3 aromatic rings. The van der Waals surface area contributed by atoms with Crippen LogP contribution >= 0.6 is 0 Å². The second kappa shape index (κ2) is 8.06. The number of H-pyrrole nitrogens is 1. The minimum absolute atomic E-state index is 0.123. The summed E-state index contributed by atoms with van der Waals surface area (Å²) >= 11 is 0. The van der Waals surface area contributed by atoms with Crippen LogP contribution < -0.4 is 19.5 Å². The average Bonchev–Trinajstić information content (AvgIpc) is 3.45. The highest BCUT2D eigenvalue weighted by molar-refractivity contribution is 5.93. The van der Waals surface area contributed by atoms with Crippen LogP contribution in [0.1, 0.15) is 36.2 Å². The predicted molar refractivity (Wildman–Crippen MR) is 109 cm³/mol. The SMILES string of the molecule is O=C(NC1CCC(Oc2ccccn2)CC1)c1cc(-c2ccc3c(c2)OCO3)n[nH]1. The smallest absolute Gasteiger partial charge is 0.269 e. The fourth-order valence-corrected chi connectivity index (χ4v) is 3.82. The van der Waals surface area contributed by atoms with Gasteiger partial charge in [0.05, 0.1) is 5.69 Å². The van der Waals surface area contributed by atoms with E-state index in [4.69, 9.17) is 14.2 Å². The zero-order valence-electron chi connectivity index (χ0n) is 16.3. The summed E-state index contributed by atoms with van der Waals surface area (Å²) < 4.78 is 16.7. The van der Waals surface area contributed by atoms with Gasteiger partial charge in [-0.2, -0.15) is 5.10 Å². The Hall–Kier alpha value is -3.55.